The van der Waals surface area contributed by atoms with E-state index < -0.39 is 5.82 Å². The minimum Gasteiger partial charge on any atom is -0.491 e. The Morgan fingerprint density at radius 3 is 2.81 bits per heavy atom. The van der Waals surface area contributed by atoms with Crippen LogP contribution in [-0.4, -0.2) is 26.4 Å². The largest absolute Gasteiger partial charge is 0.491 e. The molecule has 0 aliphatic rings. The summed E-state index contributed by atoms with van der Waals surface area (Å²) in [6.45, 7) is 7.09. The number of halogens is 1. The number of benzene rings is 1. The zero-order valence-electron chi connectivity index (χ0n) is 15.2. The fourth-order valence-corrected chi connectivity index (χ4v) is 2.62. The second-order valence-corrected chi connectivity index (χ2v) is 5.92. The van der Waals surface area contributed by atoms with Gasteiger partial charge in [-0.25, -0.2) is 14.4 Å². The number of hydrogen-bond acceptors (Lipinski definition) is 5. The number of hydrogen-bond donors (Lipinski definition) is 1. The molecule has 26 heavy (non-hydrogen) atoms. The summed E-state index contributed by atoms with van der Waals surface area (Å²) < 4.78 is 21.3. The van der Waals surface area contributed by atoms with Crippen molar-refractivity contribution in [2.75, 3.05) is 11.9 Å². The van der Waals surface area contributed by atoms with Gasteiger partial charge in [-0.15, -0.1) is 0 Å². The molecule has 2 aromatic heterocycles. The first kappa shape index (κ1) is 17.8. The smallest absolute Gasteiger partial charge is 0.227 e. The Labute approximate surface area is 152 Å². The Bertz CT molecular complexity index is 893. The van der Waals surface area contributed by atoms with Crippen molar-refractivity contribution in [1.82, 2.24) is 19.7 Å². The van der Waals surface area contributed by atoms with Gasteiger partial charge in [0.15, 0.2) is 11.6 Å². The van der Waals surface area contributed by atoms with Crippen LogP contribution in [0.25, 0.3) is 11.3 Å². The predicted molar refractivity (Wildman–Crippen MR) is 99.1 cm³/mol. The number of ether oxygens (including phenoxy) is 1. The minimum absolute atomic E-state index is 0.240. The SMILES string of the molecule is CCCn1cc(Nc2ncc(C)c(-c3ccc(OCC)c(F)c3)n2)cn1. The van der Waals surface area contributed by atoms with Crippen LogP contribution in [0, 0.1) is 12.7 Å². The summed E-state index contributed by atoms with van der Waals surface area (Å²) >= 11 is 0. The first-order chi connectivity index (χ1) is 12.6. The number of nitrogens with one attached hydrogen (secondary N) is 1. The van der Waals surface area contributed by atoms with Crippen molar-refractivity contribution in [2.45, 2.75) is 33.7 Å². The standard InChI is InChI=1S/C19H22FN5O/c1-4-8-25-12-15(11-22-25)23-19-21-10-13(3)18(24-19)14-6-7-17(26-5-2)16(20)9-14/h6-7,9-12H,4-5,8H2,1-3H3,(H,21,23,24). The molecule has 0 radical (unpaired) electrons. The highest BCUT2D eigenvalue weighted by Gasteiger charge is 2.11. The highest BCUT2D eigenvalue weighted by atomic mass is 19.1. The van der Waals surface area contributed by atoms with E-state index in [-0.39, 0.29) is 5.75 Å². The van der Waals surface area contributed by atoms with E-state index in [0.29, 0.717) is 23.8 Å². The summed E-state index contributed by atoms with van der Waals surface area (Å²) in [5.41, 5.74) is 3.02. The molecular weight excluding hydrogens is 333 g/mol. The summed E-state index contributed by atoms with van der Waals surface area (Å²) in [6.07, 6.45) is 6.36. The predicted octanol–water partition coefficient (Wildman–Crippen LogP) is 4.34. The Morgan fingerprint density at radius 1 is 1.23 bits per heavy atom. The monoisotopic (exact) mass is 355 g/mol. The van der Waals surface area contributed by atoms with Crippen LogP contribution in [0.3, 0.4) is 0 Å². The summed E-state index contributed by atoms with van der Waals surface area (Å²) in [5.74, 6) is 0.276. The lowest BCUT2D eigenvalue weighted by Gasteiger charge is -2.10. The van der Waals surface area contributed by atoms with E-state index in [9.17, 15) is 4.39 Å². The maximum absolute atomic E-state index is 14.2. The fraction of sp³-hybridized carbons (Fsp3) is 0.316. The summed E-state index contributed by atoms with van der Waals surface area (Å²) in [7, 11) is 0. The van der Waals surface area contributed by atoms with Gasteiger partial charge in [0.05, 0.1) is 24.2 Å². The van der Waals surface area contributed by atoms with Crippen LogP contribution in [0.15, 0.2) is 36.8 Å². The van der Waals surface area contributed by atoms with Crippen molar-refractivity contribution in [3.05, 3.63) is 48.2 Å². The molecule has 3 aromatic rings. The molecule has 0 bridgehead atoms. The van der Waals surface area contributed by atoms with E-state index in [0.717, 1.165) is 24.2 Å². The van der Waals surface area contributed by atoms with Gasteiger partial charge in [0.25, 0.3) is 0 Å². The number of aromatic nitrogens is 4. The molecule has 6 nitrogen and oxygen atoms in total. The van der Waals surface area contributed by atoms with E-state index in [2.05, 4.69) is 27.3 Å². The van der Waals surface area contributed by atoms with Crippen LogP contribution in [0.2, 0.25) is 0 Å². The molecule has 0 spiro atoms. The van der Waals surface area contributed by atoms with Crippen LogP contribution < -0.4 is 10.1 Å². The number of nitrogens with zero attached hydrogens (tertiary/aromatic N) is 4. The van der Waals surface area contributed by atoms with Crippen LogP contribution >= 0.6 is 0 Å². The maximum Gasteiger partial charge on any atom is 0.227 e. The van der Waals surface area contributed by atoms with Crippen molar-refractivity contribution >= 4 is 11.6 Å². The van der Waals surface area contributed by atoms with E-state index >= 15 is 0 Å². The number of aryl methyl sites for hydroxylation is 2. The summed E-state index contributed by atoms with van der Waals surface area (Å²) in [5, 5.41) is 7.42. The lowest BCUT2D eigenvalue weighted by Crippen LogP contribution is -2.00. The molecule has 0 amide bonds. The first-order valence-corrected chi connectivity index (χ1v) is 8.66. The zero-order valence-corrected chi connectivity index (χ0v) is 15.2. The lowest BCUT2D eigenvalue weighted by atomic mass is 10.1. The maximum atomic E-state index is 14.2. The molecule has 2 heterocycles. The van der Waals surface area contributed by atoms with Gasteiger partial charge in [-0.05, 0) is 44.0 Å². The molecule has 0 saturated carbocycles. The van der Waals surface area contributed by atoms with E-state index in [1.54, 1.807) is 24.5 Å². The molecule has 0 unspecified atom stereocenters. The average molecular weight is 355 g/mol. The van der Waals surface area contributed by atoms with E-state index in [1.165, 1.54) is 6.07 Å². The molecule has 1 aromatic carbocycles. The fourth-order valence-electron chi connectivity index (χ4n) is 2.62. The van der Waals surface area contributed by atoms with Crippen LogP contribution in [0.4, 0.5) is 16.0 Å². The topological polar surface area (TPSA) is 64.9 Å². The average Bonchev–Trinajstić information content (AvgIpc) is 3.06. The molecule has 0 saturated heterocycles. The van der Waals surface area contributed by atoms with Crippen molar-refractivity contribution in [3.63, 3.8) is 0 Å². The Morgan fingerprint density at radius 2 is 2.08 bits per heavy atom. The van der Waals surface area contributed by atoms with Crippen molar-refractivity contribution < 1.29 is 9.13 Å². The second kappa shape index (κ2) is 7.95. The Kier molecular flexibility index (Phi) is 5.46. The number of anilines is 2. The molecule has 7 heteroatoms. The van der Waals surface area contributed by atoms with E-state index in [4.69, 9.17) is 4.74 Å². The quantitative estimate of drug-likeness (QED) is 0.683. The molecule has 136 valence electrons. The summed E-state index contributed by atoms with van der Waals surface area (Å²) in [6, 6.07) is 4.85. The highest BCUT2D eigenvalue weighted by molar-refractivity contribution is 5.65. The van der Waals surface area contributed by atoms with Crippen LogP contribution in [0.5, 0.6) is 5.75 Å². The van der Waals surface area contributed by atoms with Gasteiger partial charge in [-0.2, -0.15) is 5.10 Å². The summed E-state index contributed by atoms with van der Waals surface area (Å²) in [4.78, 5) is 8.85. The molecule has 1 N–H and O–H groups in total. The van der Waals surface area contributed by atoms with Gasteiger partial charge in [-0.3, -0.25) is 4.68 Å². The van der Waals surface area contributed by atoms with Crippen molar-refractivity contribution in [1.29, 1.82) is 0 Å². The molecule has 0 aliphatic heterocycles. The van der Waals surface area contributed by atoms with Gasteiger partial charge < -0.3 is 10.1 Å². The first-order valence-electron chi connectivity index (χ1n) is 8.66. The Hall–Kier alpha value is -2.96. The number of rotatable bonds is 7. The normalized spacial score (nSPS) is 10.8. The van der Waals surface area contributed by atoms with Crippen molar-refractivity contribution in [2.24, 2.45) is 0 Å². The molecule has 0 atom stereocenters. The van der Waals surface area contributed by atoms with E-state index in [1.807, 2.05) is 24.7 Å². The van der Waals surface area contributed by atoms with Gasteiger partial charge >= 0.3 is 0 Å². The third kappa shape index (κ3) is 3.99. The third-order valence-electron chi connectivity index (χ3n) is 3.82. The molecule has 0 aliphatic carbocycles. The highest BCUT2D eigenvalue weighted by Crippen LogP contribution is 2.27. The van der Waals surface area contributed by atoms with Gasteiger partial charge in [0.2, 0.25) is 5.95 Å². The Balaban J connectivity index is 1.86. The zero-order chi connectivity index (χ0) is 18.5. The van der Waals surface area contributed by atoms with Gasteiger partial charge in [0.1, 0.15) is 0 Å². The van der Waals surface area contributed by atoms with Crippen LogP contribution in [0.1, 0.15) is 25.8 Å². The second-order valence-electron chi connectivity index (χ2n) is 5.92. The molecule has 3 rings (SSSR count). The van der Waals surface area contributed by atoms with Crippen molar-refractivity contribution in [3.8, 4) is 17.0 Å². The lowest BCUT2D eigenvalue weighted by molar-refractivity contribution is 0.321. The van der Waals surface area contributed by atoms with Gasteiger partial charge in [-0.1, -0.05) is 6.92 Å². The van der Waals surface area contributed by atoms with Gasteiger partial charge in [0, 0.05) is 24.5 Å². The molecule has 0 fully saturated rings. The molecular formula is C19H22FN5O. The van der Waals surface area contributed by atoms with Crippen LogP contribution in [-0.2, 0) is 6.54 Å². The minimum atomic E-state index is -0.405. The third-order valence-corrected chi connectivity index (χ3v) is 3.82.